The van der Waals surface area contributed by atoms with E-state index in [1.807, 2.05) is 6.07 Å². The Labute approximate surface area is 210 Å². The Balaban J connectivity index is 2.29. The van der Waals surface area contributed by atoms with Gasteiger partial charge in [0.15, 0.2) is 0 Å². The molecule has 0 heterocycles. The number of rotatable bonds is 12. The summed E-state index contributed by atoms with van der Waals surface area (Å²) in [5.74, 6) is -3.16. The Hall–Kier alpha value is -3.92. The number of amides is 3. The lowest BCUT2D eigenvalue weighted by Gasteiger charge is -2.25. The standard InChI is InChI=1S/C26H34N4O6/c1-15(2)22(27)25(34)30-21(14-18-9-11-19(31)12-10-18)24(33)29-20(13-17-7-5-4-6-8-17)23(32)28-16(3)26(35)36/h4-12,15-16,20-22,31H,13-14,27H2,1-3H3,(H,28,32)(H,29,33)(H,30,34)(H,35,36). The third-order valence-electron chi connectivity index (χ3n) is 5.67. The minimum absolute atomic E-state index is 0.0535. The van der Waals surface area contributed by atoms with E-state index in [1.54, 1.807) is 50.2 Å². The van der Waals surface area contributed by atoms with E-state index in [0.29, 0.717) is 5.56 Å². The highest BCUT2D eigenvalue weighted by Crippen LogP contribution is 2.13. The summed E-state index contributed by atoms with van der Waals surface area (Å²) in [5, 5.41) is 26.4. The maximum atomic E-state index is 13.4. The molecule has 0 aliphatic heterocycles. The number of aliphatic carboxylic acids is 1. The predicted molar refractivity (Wildman–Crippen MR) is 134 cm³/mol. The van der Waals surface area contributed by atoms with Gasteiger partial charge in [-0.05, 0) is 36.1 Å². The zero-order valence-electron chi connectivity index (χ0n) is 20.6. The molecule has 2 rings (SSSR count). The molecule has 0 saturated carbocycles. The summed E-state index contributed by atoms with van der Waals surface area (Å²) in [5.41, 5.74) is 7.37. The van der Waals surface area contributed by atoms with Crippen molar-refractivity contribution in [3.05, 3.63) is 65.7 Å². The minimum Gasteiger partial charge on any atom is -0.508 e. The first-order valence-corrected chi connectivity index (χ1v) is 11.7. The van der Waals surface area contributed by atoms with Crippen molar-refractivity contribution in [2.45, 2.75) is 57.8 Å². The Morgan fingerprint density at radius 3 is 1.72 bits per heavy atom. The molecule has 2 aromatic carbocycles. The molecule has 4 atom stereocenters. The summed E-state index contributed by atoms with van der Waals surface area (Å²) in [7, 11) is 0. The molecular weight excluding hydrogens is 464 g/mol. The lowest BCUT2D eigenvalue weighted by atomic mass is 10.0. The molecule has 0 spiro atoms. The van der Waals surface area contributed by atoms with Crippen molar-refractivity contribution in [1.82, 2.24) is 16.0 Å². The lowest BCUT2D eigenvalue weighted by molar-refractivity contribution is -0.141. The van der Waals surface area contributed by atoms with E-state index >= 15 is 0 Å². The van der Waals surface area contributed by atoms with E-state index in [9.17, 15) is 29.4 Å². The number of hydrogen-bond acceptors (Lipinski definition) is 6. The van der Waals surface area contributed by atoms with Crippen molar-refractivity contribution in [2.75, 3.05) is 0 Å². The molecule has 0 bridgehead atoms. The number of phenolic OH excluding ortho intramolecular Hbond substituents is 1. The van der Waals surface area contributed by atoms with Crippen LogP contribution in [0.3, 0.4) is 0 Å². The molecule has 10 nitrogen and oxygen atoms in total. The maximum Gasteiger partial charge on any atom is 0.325 e. The van der Waals surface area contributed by atoms with E-state index in [4.69, 9.17) is 5.73 Å². The van der Waals surface area contributed by atoms with Gasteiger partial charge >= 0.3 is 5.97 Å². The van der Waals surface area contributed by atoms with Gasteiger partial charge in [-0.1, -0.05) is 56.3 Å². The first kappa shape index (κ1) is 28.3. The van der Waals surface area contributed by atoms with E-state index in [-0.39, 0.29) is 24.5 Å². The zero-order chi connectivity index (χ0) is 26.8. The molecule has 0 aliphatic rings. The minimum atomic E-state index is -1.21. The van der Waals surface area contributed by atoms with Gasteiger partial charge in [-0.25, -0.2) is 0 Å². The van der Waals surface area contributed by atoms with Gasteiger partial charge in [0.25, 0.3) is 0 Å². The first-order valence-electron chi connectivity index (χ1n) is 11.7. The van der Waals surface area contributed by atoms with Crippen LogP contribution in [0, 0.1) is 5.92 Å². The largest absolute Gasteiger partial charge is 0.508 e. The summed E-state index contributed by atoms with van der Waals surface area (Å²) in [6.45, 7) is 4.88. The number of carboxylic acid groups (broad SMARTS) is 1. The number of hydrogen-bond donors (Lipinski definition) is 6. The molecule has 0 saturated heterocycles. The molecule has 194 valence electrons. The van der Waals surface area contributed by atoms with E-state index in [0.717, 1.165) is 5.56 Å². The summed E-state index contributed by atoms with van der Waals surface area (Å²) >= 11 is 0. The van der Waals surface area contributed by atoms with Crippen LogP contribution in [0.4, 0.5) is 0 Å². The van der Waals surface area contributed by atoms with Crippen molar-refractivity contribution in [3.63, 3.8) is 0 Å². The molecule has 4 unspecified atom stereocenters. The number of carboxylic acids is 1. The van der Waals surface area contributed by atoms with Crippen LogP contribution in [0.25, 0.3) is 0 Å². The average molecular weight is 499 g/mol. The fourth-order valence-electron chi connectivity index (χ4n) is 3.35. The predicted octanol–water partition coefficient (Wildman–Crippen LogP) is 0.720. The smallest absolute Gasteiger partial charge is 0.325 e. The van der Waals surface area contributed by atoms with Crippen LogP contribution < -0.4 is 21.7 Å². The second-order valence-electron chi connectivity index (χ2n) is 9.02. The highest BCUT2D eigenvalue weighted by molar-refractivity contribution is 5.94. The second kappa shape index (κ2) is 13.2. The van der Waals surface area contributed by atoms with Gasteiger partial charge in [0.05, 0.1) is 6.04 Å². The van der Waals surface area contributed by atoms with Crippen LogP contribution in [0.2, 0.25) is 0 Å². The molecule has 10 heteroatoms. The van der Waals surface area contributed by atoms with Crippen LogP contribution in [-0.4, -0.2) is 58.1 Å². The van der Waals surface area contributed by atoms with Crippen molar-refractivity contribution in [1.29, 1.82) is 0 Å². The Kier molecular flexibility index (Phi) is 10.4. The highest BCUT2D eigenvalue weighted by atomic mass is 16.4. The summed E-state index contributed by atoms with van der Waals surface area (Å²) < 4.78 is 0. The number of phenols is 1. The van der Waals surface area contributed by atoms with Crippen LogP contribution in [0.15, 0.2) is 54.6 Å². The fourth-order valence-corrected chi connectivity index (χ4v) is 3.35. The second-order valence-corrected chi connectivity index (χ2v) is 9.02. The quantitative estimate of drug-likeness (QED) is 0.250. The number of carbonyl (C=O) groups is 4. The van der Waals surface area contributed by atoms with Gasteiger partial charge in [-0.15, -0.1) is 0 Å². The maximum absolute atomic E-state index is 13.4. The number of benzene rings is 2. The number of nitrogens with one attached hydrogen (secondary N) is 3. The Bertz CT molecular complexity index is 1040. The molecule has 0 fully saturated rings. The van der Waals surface area contributed by atoms with Crippen LogP contribution in [0.5, 0.6) is 5.75 Å². The van der Waals surface area contributed by atoms with Gasteiger partial charge < -0.3 is 31.9 Å². The zero-order valence-corrected chi connectivity index (χ0v) is 20.6. The molecule has 3 amide bonds. The normalized spacial score (nSPS) is 14.2. The third-order valence-corrected chi connectivity index (χ3v) is 5.67. The number of aromatic hydroxyl groups is 1. The lowest BCUT2D eigenvalue weighted by Crippen LogP contribution is -2.58. The summed E-state index contributed by atoms with van der Waals surface area (Å²) in [6, 6.07) is 10.9. The molecule has 0 aliphatic carbocycles. The van der Waals surface area contributed by atoms with Gasteiger partial charge in [0.1, 0.15) is 23.9 Å². The van der Waals surface area contributed by atoms with Gasteiger partial charge in [-0.2, -0.15) is 0 Å². The van der Waals surface area contributed by atoms with Crippen LogP contribution >= 0.6 is 0 Å². The highest BCUT2D eigenvalue weighted by Gasteiger charge is 2.30. The van der Waals surface area contributed by atoms with Crippen molar-refractivity contribution in [3.8, 4) is 5.75 Å². The Morgan fingerprint density at radius 1 is 0.750 bits per heavy atom. The van der Waals surface area contributed by atoms with Gasteiger partial charge in [-0.3, -0.25) is 19.2 Å². The fraction of sp³-hybridized carbons (Fsp3) is 0.385. The van der Waals surface area contributed by atoms with E-state index in [2.05, 4.69) is 16.0 Å². The van der Waals surface area contributed by atoms with Crippen molar-refractivity contribution < 1.29 is 29.4 Å². The first-order chi connectivity index (χ1) is 17.0. The van der Waals surface area contributed by atoms with Crippen LogP contribution in [0.1, 0.15) is 31.9 Å². The number of carbonyl (C=O) groups excluding carboxylic acids is 3. The molecule has 7 N–H and O–H groups in total. The molecule has 36 heavy (non-hydrogen) atoms. The SMILES string of the molecule is CC(NC(=O)C(Cc1ccccc1)NC(=O)C(Cc1ccc(O)cc1)NC(=O)C(N)C(C)C)C(=O)O. The molecule has 2 aromatic rings. The summed E-state index contributed by atoms with van der Waals surface area (Å²) in [6.07, 6.45) is 0.185. The van der Waals surface area contributed by atoms with E-state index in [1.165, 1.54) is 19.1 Å². The molecular formula is C26H34N4O6. The van der Waals surface area contributed by atoms with Gasteiger partial charge in [0, 0.05) is 12.8 Å². The average Bonchev–Trinajstić information content (AvgIpc) is 2.84. The van der Waals surface area contributed by atoms with Crippen molar-refractivity contribution in [2.24, 2.45) is 11.7 Å². The molecule has 0 aromatic heterocycles. The van der Waals surface area contributed by atoms with Crippen molar-refractivity contribution >= 4 is 23.7 Å². The monoisotopic (exact) mass is 498 g/mol. The van der Waals surface area contributed by atoms with Gasteiger partial charge in [0.2, 0.25) is 17.7 Å². The third kappa shape index (κ3) is 8.70. The molecule has 0 radical (unpaired) electrons. The van der Waals surface area contributed by atoms with E-state index < -0.39 is 47.9 Å². The van der Waals surface area contributed by atoms with Crippen LogP contribution in [-0.2, 0) is 32.0 Å². The topological polar surface area (TPSA) is 171 Å². The summed E-state index contributed by atoms with van der Waals surface area (Å²) in [4.78, 5) is 50.2. The number of nitrogens with two attached hydrogens (primary N) is 1. The Morgan fingerprint density at radius 2 is 1.22 bits per heavy atom.